The van der Waals surface area contributed by atoms with Gasteiger partial charge in [-0.15, -0.1) is 0 Å². The van der Waals surface area contributed by atoms with Gasteiger partial charge in [-0.2, -0.15) is 0 Å². The van der Waals surface area contributed by atoms with Gasteiger partial charge in [0.25, 0.3) is 0 Å². The molecule has 0 heterocycles. The molecule has 0 aliphatic rings. The maximum absolute atomic E-state index is 5.22. The summed E-state index contributed by atoms with van der Waals surface area (Å²) >= 11 is 0. The van der Waals surface area contributed by atoms with Crippen LogP contribution >= 0.6 is 8.60 Å². The summed E-state index contributed by atoms with van der Waals surface area (Å²) < 4.78 is 15.7. The topological polar surface area (TPSA) is 27.7 Å². The molecule has 0 aliphatic heterocycles. The van der Waals surface area contributed by atoms with Crippen molar-refractivity contribution in [2.45, 2.75) is 20.8 Å². The van der Waals surface area contributed by atoms with Crippen molar-refractivity contribution in [1.29, 1.82) is 0 Å². The molecule has 10 heavy (non-hydrogen) atoms. The van der Waals surface area contributed by atoms with E-state index < -0.39 is 8.60 Å². The first-order chi connectivity index (χ1) is 4.85. The van der Waals surface area contributed by atoms with Crippen molar-refractivity contribution < 1.29 is 13.6 Å². The Morgan fingerprint density at radius 1 is 0.800 bits per heavy atom. The Balaban J connectivity index is 3.30. The summed E-state index contributed by atoms with van der Waals surface area (Å²) in [6, 6.07) is 0. The third-order valence-corrected chi connectivity index (χ3v) is 2.72. The zero-order valence-electron chi connectivity index (χ0n) is 6.92. The van der Waals surface area contributed by atoms with Gasteiger partial charge in [0.15, 0.2) is 0 Å². The van der Waals surface area contributed by atoms with Crippen LogP contribution < -0.4 is 0 Å². The molecule has 0 spiro atoms. The molecule has 0 unspecified atom stereocenters. The molecular weight excluding hydrogens is 151 g/mol. The van der Waals surface area contributed by atoms with Crippen LogP contribution in [0.2, 0.25) is 0 Å². The van der Waals surface area contributed by atoms with Crippen LogP contribution in [0.4, 0.5) is 0 Å². The molecule has 0 saturated heterocycles. The second kappa shape index (κ2) is 7.42. The summed E-state index contributed by atoms with van der Waals surface area (Å²) in [5.74, 6) is 0. The first-order valence-corrected chi connectivity index (χ1v) is 5.11. The molecule has 0 aromatic carbocycles. The summed E-state index contributed by atoms with van der Waals surface area (Å²) in [7, 11) is -1.73. The molecule has 0 bridgehead atoms. The summed E-state index contributed by atoms with van der Waals surface area (Å²) in [5.41, 5.74) is 0. The predicted octanol–water partition coefficient (Wildman–Crippen LogP) is 1.79. The molecule has 3 nitrogen and oxygen atoms in total. The average Bonchev–Trinajstić information content (AvgIpc) is 1.90. The average molecular weight is 168 g/mol. The first-order valence-electron chi connectivity index (χ1n) is 3.69. The fraction of sp³-hybridized carbons (Fsp3) is 1.00. The molecule has 0 rings (SSSR count). The molecule has 0 aliphatic carbocycles. The quantitative estimate of drug-likeness (QED) is 0.566. The van der Waals surface area contributed by atoms with Crippen LogP contribution in [0.5, 0.6) is 0 Å². The Kier molecular flexibility index (Phi) is 7.65. The van der Waals surface area contributed by atoms with Gasteiger partial charge in [0, 0.05) is 0 Å². The summed E-state index contributed by atoms with van der Waals surface area (Å²) in [4.78, 5) is 0. The van der Waals surface area contributed by atoms with Gasteiger partial charge in [-0.05, 0) is 0 Å². The maximum atomic E-state index is 5.22. The predicted molar refractivity (Wildman–Crippen MR) is 44.6 cm³/mol. The molecule has 0 fully saturated rings. The third-order valence-electron chi connectivity index (χ3n) is 0.908. The molecule has 64 valence electrons. The van der Waals surface area contributed by atoms with Crippen LogP contribution in [0.25, 0.3) is 0 Å². The summed E-state index contributed by atoms with van der Waals surface area (Å²) in [5, 5.41) is 0. The van der Waals surface area contributed by atoms with Crippen LogP contribution in [-0.4, -0.2) is 19.8 Å². The second-order valence-electron chi connectivity index (χ2n) is 1.65. The molecule has 4 heteroatoms. The van der Waals surface area contributed by atoms with Crippen LogP contribution in [0, 0.1) is 0 Å². The van der Waals surface area contributed by atoms with Crippen LogP contribution in [-0.2, 0) is 13.6 Å². The molecule has 0 N–H and O–H groups in total. The zero-order valence-corrected chi connectivity index (χ0v) is 8.08. The Morgan fingerprint density at radius 2 is 1.10 bits per heavy atom. The van der Waals surface area contributed by atoms with Gasteiger partial charge in [0.2, 0.25) is 0 Å². The monoisotopic (exact) mass is 168 g/mol. The van der Waals surface area contributed by atoms with Gasteiger partial charge < -0.3 is 0 Å². The van der Waals surface area contributed by atoms with Crippen LogP contribution in [0.15, 0.2) is 0 Å². The minimum atomic E-state index is -1.73. The molecule has 0 amide bonds. The molecule has 0 radical (unpaired) electrons. The summed E-state index contributed by atoms with van der Waals surface area (Å²) in [6.07, 6.45) is 0. The van der Waals surface area contributed by atoms with Crippen molar-refractivity contribution in [2.24, 2.45) is 0 Å². The Morgan fingerprint density at radius 3 is 1.30 bits per heavy atom. The van der Waals surface area contributed by atoms with E-state index >= 15 is 0 Å². The van der Waals surface area contributed by atoms with Gasteiger partial charge >= 0.3 is 62.8 Å². The van der Waals surface area contributed by atoms with Crippen LogP contribution in [0.1, 0.15) is 20.8 Å². The van der Waals surface area contributed by atoms with E-state index in [2.05, 4.69) is 0 Å². The van der Waals surface area contributed by atoms with Crippen LogP contribution in [0.3, 0.4) is 0 Å². The van der Waals surface area contributed by atoms with E-state index in [-0.39, 0.29) is 0 Å². The summed E-state index contributed by atoms with van der Waals surface area (Å²) in [6.45, 7) is 7.86. The fourth-order valence-electron chi connectivity index (χ4n) is 0.553. The van der Waals surface area contributed by atoms with Crippen molar-refractivity contribution in [3.63, 3.8) is 0 Å². The standard InChI is InChI=1S/C6H17O3P/c1-4-7-10(8-5-2)9-6-3/h4-6,10H2,1-3H3. The fourth-order valence-corrected chi connectivity index (χ4v) is 1.66. The number of hydrogen-bond donors (Lipinski definition) is 0. The van der Waals surface area contributed by atoms with E-state index in [4.69, 9.17) is 13.6 Å². The van der Waals surface area contributed by atoms with E-state index in [1.54, 1.807) is 0 Å². The second-order valence-corrected chi connectivity index (χ2v) is 3.23. The molecule has 0 saturated carbocycles. The number of rotatable bonds is 6. The van der Waals surface area contributed by atoms with Gasteiger partial charge in [0.05, 0.1) is 0 Å². The van der Waals surface area contributed by atoms with Gasteiger partial charge in [-0.25, -0.2) is 0 Å². The van der Waals surface area contributed by atoms with E-state index in [0.717, 1.165) is 0 Å². The normalized spacial score (nSPS) is 11.7. The number of hydrogen-bond acceptors (Lipinski definition) is 3. The van der Waals surface area contributed by atoms with Gasteiger partial charge in [-0.3, -0.25) is 0 Å². The van der Waals surface area contributed by atoms with Crippen molar-refractivity contribution >= 4 is 8.60 Å². The Labute approximate surface area is 63.7 Å². The Bertz CT molecular complexity index is 55.7. The first kappa shape index (κ1) is 10.3. The molecule has 0 atom stereocenters. The zero-order chi connectivity index (χ0) is 7.82. The molecule has 0 aromatic heterocycles. The van der Waals surface area contributed by atoms with Gasteiger partial charge in [-0.1, -0.05) is 0 Å². The van der Waals surface area contributed by atoms with Crippen molar-refractivity contribution in [1.82, 2.24) is 0 Å². The molecule has 0 aromatic rings. The van der Waals surface area contributed by atoms with E-state index in [1.165, 1.54) is 0 Å². The van der Waals surface area contributed by atoms with Crippen molar-refractivity contribution in [2.75, 3.05) is 19.8 Å². The third kappa shape index (κ3) is 5.12. The van der Waals surface area contributed by atoms with Crippen molar-refractivity contribution in [3.8, 4) is 0 Å². The minimum absolute atomic E-state index is 0.677. The van der Waals surface area contributed by atoms with E-state index in [9.17, 15) is 0 Å². The SMILES string of the molecule is CCO[PH2](OCC)OCC. The Hall–Kier alpha value is 0.310. The van der Waals surface area contributed by atoms with Gasteiger partial charge in [0.1, 0.15) is 0 Å². The van der Waals surface area contributed by atoms with E-state index in [0.29, 0.717) is 19.8 Å². The van der Waals surface area contributed by atoms with Crippen molar-refractivity contribution in [3.05, 3.63) is 0 Å². The van der Waals surface area contributed by atoms with E-state index in [1.807, 2.05) is 20.8 Å². The molecular formula is C6H17O3P.